The van der Waals surface area contributed by atoms with E-state index in [1.54, 1.807) is 4.75 Å². The molecular formula is CeO3. The summed E-state index contributed by atoms with van der Waals surface area (Å²) in [5.74, 6) is 0. The van der Waals surface area contributed by atoms with Crippen LogP contribution in [0.15, 0.2) is 0 Å². The maximum Gasteiger partial charge on any atom is 0.154 e. The van der Waals surface area contributed by atoms with Crippen LogP contribution in [0.2, 0.25) is 0 Å². The summed E-state index contributed by atoms with van der Waals surface area (Å²) in [6, 6.07) is 0. The SMILES string of the molecule is O=[O+][O-].[Ce]. The normalized spacial score (nSPS) is 3.00. The Bertz CT molecular complexity index is 10.8. The average Bonchev–Trinajstić information content (AvgIpc) is 0.918. The quantitative estimate of drug-likeness (QED) is 0.274. The molecule has 0 heterocycles. The number of rotatable bonds is 0. The van der Waals surface area contributed by atoms with Crippen LogP contribution in [-0.2, 0) is 0 Å². The van der Waals surface area contributed by atoms with Gasteiger partial charge in [-0.15, -0.1) is 0 Å². The van der Waals surface area contributed by atoms with Crippen LogP contribution < -0.4 is 5.26 Å². The maximum atomic E-state index is 7.88. The van der Waals surface area contributed by atoms with Crippen LogP contribution >= 0.6 is 0 Å². The summed E-state index contributed by atoms with van der Waals surface area (Å²) in [4.78, 5) is 7.88. The van der Waals surface area contributed by atoms with Crippen molar-refractivity contribution in [2.45, 2.75) is 0 Å². The molecule has 4 heavy (non-hydrogen) atoms. The summed E-state index contributed by atoms with van der Waals surface area (Å²) < 4.78 is 1.75. The molecule has 0 aromatic heterocycles. The van der Waals surface area contributed by atoms with Crippen LogP contribution in [0.4, 0.5) is 0 Å². The minimum Gasteiger partial charge on any atom is -0.0772 e. The van der Waals surface area contributed by atoms with E-state index in [-0.39, 0.29) is 41.7 Å². The zero-order valence-electron chi connectivity index (χ0n) is 1.72. The maximum absolute atomic E-state index is 7.88. The van der Waals surface area contributed by atoms with Gasteiger partial charge in [0.05, 0.1) is 0 Å². The van der Waals surface area contributed by atoms with Crippen molar-refractivity contribution < 1.29 is 47.0 Å². The van der Waals surface area contributed by atoms with Gasteiger partial charge in [-0.1, -0.05) is 10.2 Å². The molecule has 0 rings (SSSR count). The fraction of sp³-hybridized carbons (Fsp3) is 0. The average molecular weight is 188 g/mol. The van der Waals surface area contributed by atoms with E-state index in [0.29, 0.717) is 0 Å². The van der Waals surface area contributed by atoms with Gasteiger partial charge in [0.2, 0.25) is 0 Å². The number of hydrogen-bond acceptors (Lipinski definition) is 2. The third-order valence-corrected chi connectivity index (χ3v) is 0. The van der Waals surface area contributed by atoms with E-state index in [4.69, 9.17) is 10.2 Å². The Morgan fingerprint density at radius 2 is 1.75 bits per heavy atom. The van der Waals surface area contributed by atoms with E-state index in [0.717, 1.165) is 0 Å². The van der Waals surface area contributed by atoms with Gasteiger partial charge in [0.1, 0.15) is 0 Å². The Labute approximate surface area is 56.2 Å². The van der Waals surface area contributed by atoms with E-state index in [1.807, 2.05) is 0 Å². The van der Waals surface area contributed by atoms with Crippen molar-refractivity contribution in [3.05, 3.63) is 9.71 Å². The predicted octanol–water partition coefficient (Wildman–Crippen LogP) is -1.12. The number of hydrogen-bond donors (Lipinski definition) is 0. The summed E-state index contributed by atoms with van der Waals surface area (Å²) in [6.07, 6.45) is 0. The van der Waals surface area contributed by atoms with E-state index in [2.05, 4.69) is 0 Å². The molecule has 0 N–H and O–H groups in total. The molecule has 0 bridgehead atoms. The van der Waals surface area contributed by atoms with Gasteiger partial charge in [-0.2, -0.15) is 0 Å². The topological polar surface area (TPSA) is 51.4 Å². The second-order valence-electron chi connectivity index (χ2n) is 0.0680. The molecule has 0 unspecified atom stereocenters. The Balaban J connectivity index is 0. The first-order valence-corrected chi connectivity index (χ1v) is 0.333. The van der Waals surface area contributed by atoms with Crippen molar-refractivity contribution in [2.75, 3.05) is 0 Å². The van der Waals surface area contributed by atoms with Gasteiger partial charge >= 0.3 is 0 Å². The van der Waals surface area contributed by atoms with E-state index in [9.17, 15) is 0 Å². The molecule has 0 aromatic carbocycles. The summed E-state index contributed by atoms with van der Waals surface area (Å²) >= 11 is 0. The van der Waals surface area contributed by atoms with E-state index < -0.39 is 0 Å². The molecule has 0 atom stereocenters. The van der Waals surface area contributed by atoms with Crippen molar-refractivity contribution in [2.24, 2.45) is 0 Å². The zero-order valence-corrected chi connectivity index (χ0v) is 4.86. The molecule has 0 spiro atoms. The minimum absolute atomic E-state index is 0. The standard InChI is InChI=1S/Ce.O3/c;1-3-2. The Kier molecular flexibility index (Phi) is 20.4. The molecule has 0 aromatic rings. The van der Waals surface area contributed by atoms with Gasteiger partial charge in [-0.25, -0.2) is 0 Å². The summed E-state index contributed by atoms with van der Waals surface area (Å²) in [7, 11) is 0. The van der Waals surface area contributed by atoms with Crippen LogP contribution in [0.25, 0.3) is 0 Å². The first-order valence-electron chi connectivity index (χ1n) is 0.333. The summed E-state index contributed by atoms with van der Waals surface area (Å²) in [5, 5.41) is 7.88. The van der Waals surface area contributed by atoms with E-state index >= 15 is 0 Å². The van der Waals surface area contributed by atoms with Crippen molar-refractivity contribution in [1.29, 1.82) is 0 Å². The molecule has 0 amide bonds. The van der Waals surface area contributed by atoms with E-state index in [1.165, 1.54) is 0 Å². The molecule has 3 nitrogen and oxygen atoms in total. The van der Waals surface area contributed by atoms with Crippen molar-refractivity contribution in [3.63, 3.8) is 0 Å². The first kappa shape index (κ1) is 8.84. The Morgan fingerprint density at radius 3 is 1.75 bits per heavy atom. The van der Waals surface area contributed by atoms with Gasteiger partial charge < -0.3 is 0 Å². The van der Waals surface area contributed by atoms with Crippen LogP contribution in [0.1, 0.15) is 0 Å². The van der Waals surface area contributed by atoms with Crippen LogP contribution in [-0.4, -0.2) is 0 Å². The summed E-state index contributed by atoms with van der Waals surface area (Å²) in [6.45, 7) is 0. The molecule has 4 heteroatoms. The molecule has 22 valence electrons. The predicted molar refractivity (Wildman–Crippen MR) is 6.73 cm³/mol. The van der Waals surface area contributed by atoms with Crippen molar-refractivity contribution in [1.82, 2.24) is 0 Å². The van der Waals surface area contributed by atoms with Gasteiger partial charge in [0.15, 0.2) is 4.75 Å². The fourth-order valence-corrected chi connectivity index (χ4v) is 0. The van der Waals surface area contributed by atoms with Crippen LogP contribution in [0, 0.1) is 51.5 Å². The second-order valence-corrected chi connectivity index (χ2v) is 0.0680. The Hall–Kier alpha value is 0.777. The molecule has 0 saturated carbocycles. The van der Waals surface area contributed by atoms with Crippen LogP contribution in [0.3, 0.4) is 0 Å². The molecule has 0 radical (unpaired) electrons. The zero-order chi connectivity index (χ0) is 2.71. The largest absolute Gasteiger partial charge is 0.154 e. The third kappa shape index (κ3) is 14.5. The monoisotopic (exact) mass is 188 g/mol. The first-order chi connectivity index (χ1) is 1.41. The van der Waals surface area contributed by atoms with Gasteiger partial charge in [0.25, 0.3) is 0 Å². The Morgan fingerprint density at radius 1 is 1.75 bits per heavy atom. The summed E-state index contributed by atoms with van der Waals surface area (Å²) in [5.41, 5.74) is 0. The molecule has 0 fully saturated rings. The third-order valence-electron chi connectivity index (χ3n) is 0. The van der Waals surface area contributed by atoms with Crippen LogP contribution in [0.5, 0.6) is 0 Å². The molecule has 0 aliphatic rings. The molecule has 0 aliphatic heterocycles. The molecule has 0 saturated heterocycles. The van der Waals surface area contributed by atoms with Gasteiger partial charge in [-0.3, -0.25) is 0 Å². The molecule has 0 aliphatic carbocycles. The van der Waals surface area contributed by atoms with Crippen molar-refractivity contribution >= 4 is 0 Å². The van der Waals surface area contributed by atoms with Gasteiger partial charge in [0, 0.05) is 41.7 Å². The second kappa shape index (κ2) is 9.22. The minimum atomic E-state index is 0. The smallest absolute Gasteiger partial charge is 0.0772 e. The van der Waals surface area contributed by atoms with Gasteiger partial charge in [-0.05, 0) is 0 Å². The van der Waals surface area contributed by atoms with Crippen molar-refractivity contribution in [3.8, 4) is 0 Å². The fourth-order valence-electron chi connectivity index (χ4n) is 0. The molecular weight excluding hydrogens is 188 g/mol.